The van der Waals surface area contributed by atoms with E-state index in [9.17, 15) is 9.59 Å². The number of esters is 1. The van der Waals surface area contributed by atoms with Crippen molar-refractivity contribution in [2.45, 2.75) is 64.4 Å². The lowest BCUT2D eigenvalue weighted by molar-refractivity contribution is -0.144. The first kappa shape index (κ1) is 17.0. The van der Waals surface area contributed by atoms with Crippen LogP contribution in [0.2, 0.25) is 0 Å². The molecule has 0 aromatic rings. The Hall–Kier alpha value is -1.10. The van der Waals surface area contributed by atoms with Crippen LogP contribution in [-0.2, 0) is 19.1 Å². The second-order valence-electron chi connectivity index (χ2n) is 5.44. The van der Waals surface area contributed by atoms with Crippen molar-refractivity contribution in [3.8, 4) is 0 Å². The van der Waals surface area contributed by atoms with E-state index in [1.165, 1.54) is 6.92 Å². The molecule has 0 aromatic heterocycles. The van der Waals surface area contributed by atoms with Crippen LogP contribution in [-0.4, -0.2) is 36.4 Å². The highest BCUT2D eigenvalue weighted by atomic mass is 16.5. The van der Waals surface area contributed by atoms with Crippen molar-refractivity contribution in [3.05, 3.63) is 0 Å². The molecular formula is C15H26O5. The van der Waals surface area contributed by atoms with Crippen molar-refractivity contribution < 1.29 is 24.2 Å². The largest absolute Gasteiger partial charge is 0.481 e. The summed E-state index contributed by atoms with van der Waals surface area (Å²) < 4.78 is 10.6. The van der Waals surface area contributed by atoms with Crippen molar-refractivity contribution in [1.82, 2.24) is 0 Å². The second kappa shape index (κ2) is 9.75. The highest BCUT2D eigenvalue weighted by Gasteiger charge is 2.25. The van der Waals surface area contributed by atoms with Crippen LogP contribution >= 0.6 is 0 Å². The van der Waals surface area contributed by atoms with Crippen LogP contribution < -0.4 is 0 Å². The Labute approximate surface area is 120 Å². The topological polar surface area (TPSA) is 72.8 Å². The Morgan fingerprint density at radius 1 is 1.00 bits per heavy atom. The molecule has 0 unspecified atom stereocenters. The van der Waals surface area contributed by atoms with Gasteiger partial charge in [0.15, 0.2) is 0 Å². The number of ether oxygens (including phenoxy) is 2. The maximum atomic E-state index is 10.8. The Bertz CT molecular complexity index is 295. The summed E-state index contributed by atoms with van der Waals surface area (Å²) in [6.07, 6.45) is 7.49. The number of carboxylic acid groups (broad SMARTS) is 1. The predicted octanol–water partition coefficient (Wildman–Crippen LogP) is 2.77. The van der Waals surface area contributed by atoms with E-state index in [0.29, 0.717) is 6.61 Å². The first-order chi connectivity index (χ1) is 9.59. The van der Waals surface area contributed by atoms with Gasteiger partial charge in [0.25, 0.3) is 0 Å². The molecule has 1 rings (SSSR count). The van der Waals surface area contributed by atoms with Gasteiger partial charge in [-0.15, -0.1) is 0 Å². The zero-order chi connectivity index (χ0) is 14.8. The quantitative estimate of drug-likeness (QED) is 0.521. The SMILES string of the molecule is CC(=O)OCCCCCCOC1CCC(C(=O)O)CC1. The van der Waals surface area contributed by atoms with E-state index in [-0.39, 0.29) is 18.0 Å². The van der Waals surface area contributed by atoms with Crippen molar-refractivity contribution in [3.63, 3.8) is 0 Å². The molecule has 0 atom stereocenters. The standard InChI is InChI=1S/C15H26O5/c1-12(16)19-10-4-2-3-5-11-20-14-8-6-13(7-9-14)15(17)18/h13-14H,2-11H2,1H3,(H,17,18). The molecule has 1 N–H and O–H groups in total. The molecule has 0 aromatic carbocycles. The molecule has 0 aliphatic heterocycles. The third-order valence-electron chi connectivity index (χ3n) is 3.72. The molecular weight excluding hydrogens is 260 g/mol. The normalized spacial score (nSPS) is 22.4. The second-order valence-corrected chi connectivity index (χ2v) is 5.44. The molecule has 116 valence electrons. The Morgan fingerprint density at radius 2 is 1.60 bits per heavy atom. The average molecular weight is 286 g/mol. The lowest BCUT2D eigenvalue weighted by atomic mass is 9.87. The molecule has 0 radical (unpaired) electrons. The van der Waals surface area contributed by atoms with E-state index in [4.69, 9.17) is 14.6 Å². The summed E-state index contributed by atoms with van der Waals surface area (Å²) >= 11 is 0. The Kier molecular flexibility index (Phi) is 8.26. The van der Waals surface area contributed by atoms with Crippen LogP contribution in [0.3, 0.4) is 0 Å². The number of hydrogen-bond donors (Lipinski definition) is 1. The van der Waals surface area contributed by atoms with Gasteiger partial charge in [0.2, 0.25) is 0 Å². The molecule has 0 heterocycles. The molecule has 0 saturated heterocycles. The average Bonchev–Trinajstić information content (AvgIpc) is 2.42. The zero-order valence-electron chi connectivity index (χ0n) is 12.3. The lowest BCUT2D eigenvalue weighted by Crippen LogP contribution is -2.26. The molecule has 1 aliphatic carbocycles. The number of hydrogen-bond acceptors (Lipinski definition) is 4. The summed E-state index contributed by atoms with van der Waals surface area (Å²) in [6.45, 7) is 2.68. The zero-order valence-corrected chi connectivity index (χ0v) is 12.3. The van der Waals surface area contributed by atoms with E-state index in [1.54, 1.807) is 0 Å². The number of aliphatic carboxylic acids is 1. The van der Waals surface area contributed by atoms with Gasteiger partial charge in [-0.1, -0.05) is 6.42 Å². The Balaban J connectivity index is 1.90. The molecule has 1 aliphatic rings. The highest BCUT2D eigenvalue weighted by Crippen LogP contribution is 2.26. The fourth-order valence-corrected chi connectivity index (χ4v) is 2.50. The smallest absolute Gasteiger partial charge is 0.306 e. The Morgan fingerprint density at radius 3 is 2.15 bits per heavy atom. The number of carbonyl (C=O) groups excluding carboxylic acids is 1. The number of rotatable bonds is 9. The molecule has 0 amide bonds. The first-order valence-corrected chi connectivity index (χ1v) is 7.57. The van der Waals surface area contributed by atoms with Gasteiger partial charge < -0.3 is 14.6 Å². The highest BCUT2D eigenvalue weighted by molar-refractivity contribution is 5.70. The van der Waals surface area contributed by atoms with Crippen molar-refractivity contribution >= 4 is 11.9 Å². The molecule has 5 heteroatoms. The fraction of sp³-hybridized carbons (Fsp3) is 0.867. The van der Waals surface area contributed by atoms with Gasteiger partial charge in [-0.05, 0) is 44.9 Å². The molecule has 1 fully saturated rings. The van der Waals surface area contributed by atoms with Gasteiger partial charge in [0.1, 0.15) is 0 Å². The minimum Gasteiger partial charge on any atom is -0.481 e. The summed E-state index contributed by atoms with van der Waals surface area (Å²) in [6, 6.07) is 0. The fourth-order valence-electron chi connectivity index (χ4n) is 2.50. The predicted molar refractivity (Wildman–Crippen MR) is 74.4 cm³/mol. The lowest BCUT2D eigenvalue weighted by Gasteiger charge is -2.26. The monoisotopic (exact) mass is 286 g/mol. The van der Waals surface area contributed by atoms with Gasteiger partial charge >= 0.3 is 11.9 Å². The summed E-state index contributed by atoms with van der Waals surface area (Å²) in [5.41, 5.74) is 0. The van der Waals surface area contributed by atoms with E-state index >= 15 is 0 Å². The van der Waals surface area contributed by atoms with Gasteiger partial charge in [-0.3, -0.25) is 9.59 Å². The number of unbranched alkanes of at least 4 members (excludes halogenated alkanes) is 3. The summed E-state index contributed by atoms with van der Waals surface area (Å²) in [5.74, 6) is -1.06. The molecule has 0 spiro atoms. The van der Waals surface area contributed by atoms with Crippen molar-refractivity contribution in [2.75, 3.05) is 13.2 Å². The van der Waals surface area contributed by atoms with Gasteiger partial charge in [0, 0.05) is 13.5 Å². The minimum atomic E-state index is -0.670. The minimum absolute atomic E-state index is 0.170. The van der Waals surface area contributed by atoms with E-state index < -0.39 is 5.97 Å². The maximum absolute atomic E-state index is 10.8. The van der Waals surface area contributed by atoms with Gasteiger partial charge in [0.05, 0.1) is 18.6 Å². The number of carboxylic acids is 1. The first-order valence-electron chi connectivity index (χ1n) is 7.57. The molecule has 5 nitrogen and oxygen atoms in total. The molecule has 20 heavy (non-hydrogen) atoms. The van der Waals surface area contributed by atoms with E-state index in [0.717, 1.165) is 58.0 Å². The van der Waals surface area contributed by atoms with Gasteiger partial charge in [-0.2, -0.15) is 0 Å². The van der Waals surface area contributed by atoms with Crippen molar-refractivity contribution in [2.24, 2.45) is 5.92 Å². The summed E-state index contributed by atoms with van der Waals surface area (Å²) in [4.78, 5) is 21.4. The van der Waals surface area contributed by atoms with Gasteiger partial charge in [-0.25, -0.2) is 0 Å². The van der Waals surface area contributed by atoms with E-state index in [2.05, 4.69) is 0 Å². The van der Waals surface area contributed by atoms with Crippen LogP contribution in [0.25, 0.3) is 0 Å². The summed E-state index contributed by atoms with van der Waals surface area (Å²) in [5, 5.41) is 8.90. The molecule has 1 saturated carbocycles. The number of carbonyl (C=O) groups is 2. The third-order valence-corrected chi connectivity index (χ3v) is 3.72. The van der Waals surface area contributed by atoms with Crippen LogP contribution in [0.15, 0.2) is 0 Å². The maximum Gasteiger partial charge on any atom is 0.306 e. The van der Waals surface area contributed by atoms with Crippen LogP contribution in [0, 0.1) is 5.92 Å². The van der Waals surface area contributed by atoms with E-state index in [1.807, 2.05) is 0 Å². The van der Waals surface area contributed by atoms with Crippen LogP contribution in [0.5, 0.6) is 0 Å². The van der Waals surface area contributed by atoms with Crippen molar-refractivity contribution in [1.29, 1.82) is 0 Å². The van der Waals surface area contributed by atoms with Crippen LogP contribution in [0.1, 0.15) is 58.3 Å². The van der Waals surface area contributed by atoms with Crippen LogP contribution in [0.4, 0.5) is 0 Å². The molecule has 0 bridgehead atoms. The third kappa shape index (κ3) is 7.48. The summed E-state index contributed by atoms with van der Waals surface area (Å²) in [7, 11) is 0.